The number of ketones is 1. The molecule has 2 aromatic rings. The van der Waals surface area contributed by atoms with Gasteiger partial charge in [-0.15, -0.1) is 0 Å². The molecule has 9 heteroatoms. The first-order chi connectivity index (χ1) is 15.0. The number of rotatable bonds is 7. The van der Waals surface area contributed by atoms with Crippen molar-refractivity contribution in [2.75, 3.05) is 11.1 Å². The van der Waals surface area contributed by atoms with Crippen molar-refractivity contribution < 1.29 is 32.2 Å². The highest BCUT2D eigenvalue weighted by molar-refractivity contribution is 7.93. The monoisotopic (exact) mass is 459 g/mol. The van der Waals surface area contributed by atoms with Crippen LogP contribution in [0.3, 0.4) is 0 Å². The maximum absolute atomic E-state index is 13.8. The molecule has 0 atom stereocenters. The average Bonchev–Trinajstić information content (AvgIpc) is 3.22. The van der Waals surface area contributed by atoms with Crippen molar-refractivity contribution in [3.63, 3.8) is 0 Å². The Balaban J connectivity index is 2.05. The van der Waals surface area contributed by atoms with E-state index in [9.17, 15) is 18.0 Å². The molecule has 0 bridgehead atoms. The fourth-order valence-electron chi connectivity index (χ4n) is 3.12. The second-order valence-corrected chi connectivity index (χ2v) is 9.88. The van der Waals surface area contributed by atoms with Gasteiger partial charge in [0.25, 0.3) is 10.0 Å². The van der Waals surface area contributed by atoms with Gasteiger partial charge in [-0.2, -0.15) is 0 Å². The van der Waals surface area contributed by atoms with Crippen molar-refractivity contribution in [2.24, 2.45) is 0 Å². The Bertz CT molecular complexity index is 1160. The first-order valence-corrected chi connectivity index (χ1v) is 11.3. The van der Waals surface area contributed by atoms with Crippen LogP contribution in [0.4, 0.5) is 5.69 Å². The lowest BCUT2D eigenvalue weighted by Gasteiger charge is -2.26. The van der Waals surface area contributed by atoms with Gasteiger partial charge < -0.3 is 14.2 Å². The van der Waals surface area contributed by atoms with Crippen LogP contribution in [0, 0.1) is 6.92 Å². The van der Waals surface area contributed by atoms with E-state index >= 15 is 0 Å². The smallest absolute Gasteiger partial charge is 0.314 e. The number of sulfonamides is 1. The van der Waals surface area contributed by atoms with E-state index in [0.717, 1.165) is 4.31 Å². The average molecular weight is 460 g/mol. The Morgan fingerprint density at radius 1 is 1.06 bits per heavy atom. The SMILES string of the molecule is Cc1ccccc1N(C1=COCO1)S(=O)(=O)c1ccccc1C(=O)CC(=O)OC(C)(C)C. The molecule has 0 saturated carbocycles. The minimum atomic E-state index is -4.32. The first-order valence-electron chi connectivity index (χ1n) is 9.90. The van der Waals surface area contributed by atoms with E-state index in [2.05, 4.69) is 0 Å². The molecule has 0 aromatic heterocycles. The third kappa shape index (κ3) is 5.11. The number of carbonyl (C=O) groups is 2. The summed E-state index contributed by atoms with van der Waals surface area (Å²) in [5.74, 6) is -1.44. The van der Waals surface area contributed by atoms with Crippen LogP contribution in [0.5, 0.6) is 0 Å². The van der Waals surface area contributed by atoms with E-state index in [1.54, 1.807) is 52.0 Å². The van der Waals surface area contributed by atoms with Crippen molar-refractivity contribution in [2.45, 2.75) is 44.6 Å². The maximum Gasteiger partial charge on any atom is 0.314 e. The third-order valence-electron chi connectivity index (χ3n) is 4.42. The maximum atomic E-state index is 13.8. The largest absolute Gasteiger partial charge is 0.460 e. The van der Waals surface area contributed by atoms with E-state index in [1.807, 2.05) is 0 Å². The van der Waals surface area contributed by atoms with Crippen molar-refractivity contribution in [1.82, 2.24) is 0 Å². The second-order valence-electron chi connectivity index (χ2n) is 8.12. The number of nitrogens with zero attached hydrogens (tertiary/aromatic N) is 1. The van der Waals surface area contributed by atoms with Crippen LogP contribution < -0.4 is 4.31 Å². The molecule has 0 spiro atoms. The predicted octanol–water partition coefficient (Wildman–Crippen LogP) is 3.91. The summed E-state index contributed by atoms with van der Waals surface area (Å²) in [6.07, 6.45) is 0.617. The topological polar surface area (TPSA) is 99.2 Å². The molecule has 0 amide bonds. The van der Waals surface area contributed by atoms with Gasteiger partial charge in [0, 0.05) is 5.56 Å². The molecule has 0 unspecified atom stereocenters. The Labute approximate surface area is 187 Å². The minimum absolute atomic E-state index is 0.0336. The van der Waals surface area contributed by atoms with E-state index in [0.29, 0.717) is 11.3 Å². The molecular formula is C23H25NO7S. The summed E-state index contributed by atoms with van der Waals surface area (Å²) in [5, 5.41) is 0. The molecule has 3 rings (SSSR count). The quantitative estimate of drug-likeness (QED) is 0.352. The van der Waals surface area contributed by atoms with E-state index in [1.165, 1.54) is 30.5 Å². The van der Waals surface area contributed by atoms with Gasteiger partial charge in [0.15, 0.2) is 5.78 Å². The molecule has 0 radical (unpaired) electrons. The van der Waals surface area contributed by atoms with E-state index < -0.39 is 33.8 Å². The van der Waals surface area contributed by atoms with Crippen molar-refractivity contribution in [1.29, 1.82) is 0 Å². The lowest BCUT2D eigenvalue weighted by atomic mass is 10.1. The number of benzene rings is 2. The van der Waals surface area contributed by atoms with Gasteiger partial charge in [0.05, 0.1) is 10.6 Å². The van der Waals surface area contributed by atoms with Gasteiger partial charge in [-0.05, 0) is 45.4 Å². The molecule has 1 aliphatic heterocycles. The molecular weight excluding hydrogens is 434 g/mol. The Morgan fingerprint density at radius 2 is 1.72 bits per heavy atom. The number of ether oxygens (including phenoxy) is 3. The van der Waals surface area contributed by atoms with E-state index in [4.69, 9.17) is 14.2 Å². The fourth-order valence-corrected chi connectivity index (χ4v) is 4.83. The van der Waals surface area contributed by atoms with Gasteiger partial charge in [0.1, 0.15) is 18.3 Å². The lowest BCUT2D eigenvalue weighted by Crippen LogP contribution is -2.32. The van der Waals surface area contributed by atoms with Gasteiger partial charge >= 0.3 is 5.97 Å². The van der Waals surface area contributed by atoms with Crippen LogP contribution in [0.15, 0.2) is 65.6 Å². The van der Waals surface area contributed by atoms with Gasteiger partial charge in [-0.25, -0.2) is 12.7 Å². The van der Waals surface area contributed by atoms with Crippen molar-refractivity contribution >= 4 is 27.5 Å². The minimum Gasteiger partial charge on any atom is -0.460 e. The number of para-hydroxylation sites is 1. The highest BCUT2D eigenvalue weighted by atomic mass is 32.2. The van der Waals surface area contributed by atoms with E-state index in [-0.39, 0.29) is 23.1 Å². The third-order valence-corrected chi connectivity index (χ3v) is 6.19. The molecule has 32 heavy (non-hydrogen) atoms. The summed E-state index contributed by atoms with van der Waals surface area (Å²) in [4.78, 5) is 24.8. The molecule has 2 aromatic carbocycles. The standard InChI is InChI=1S/C23H25NO7S/c1-16-9-5-7-11-18(16)24(21-14-29-15-30-21)32(27,28)20-12-8-6-10-17(20)19(25)13-22(26)31-23(2,3)4/h5-12,14H,13,15H2,1-4H3. The van der Waals surface area contributed by atoms with Gasteiger partial charge in [-0.3, -0.25) is 9.59 Å². The molecule has 170 valence electrons. The normalized spacial score (nSPS) is 13.6. The van der Waals surface area contributed by atoms with Crippen LogP contribution >= 0.6 is 0 Å². The summed E-state index contributed by atoms with van der Waals surface area (Å²) < 4.78 is 44.3. The second kappa shape index (κ2) is 9.04. The highest BCUT2D eigenvalue weighted by Gasteiger charge is 2.35. The Kier molecular flexibility index (Phi) is 6.59. The van der Waals surface area contributed by atoms with Crippen LogP contribution in [0.1, 0.15) is 43.1 Å². The first kappa shape index (κ1) is 23.3. The summed E-state index contributed by atoms with van der Waals surface area (Å²) >= 11 is 0. The Hall–Kier alpha value is -3.33. The number of Topliss-reactive ketones (excluding diaryl/α,β-unsaturated/α-hetero) is 1. The fraction of sp³-hybridized carbons (Fsp3) is 0.304. The van der Waals surface area contributed by atoms with Gasteiger partial charge in [0.2, 0.25) is 12.7 Å². The number of aryl methyl sites for hydroxylation is 1. The number of carbonyl (C=O) groups excluding carboxylic acids is 2. The van der Waals surface area contributed by atoms with Crippen LogP contribution in [-0.4, -0.2) is 32.6 Å². The molecule has 0 fully saturated rings. The number of hydrogen-bond donors (Lipinski definition) is 0. The molecule has 0 saturated heterocycles. The van der Waals surface area contributed by atoms with Crippen LogP contribution in [0.25, 0.3) is 0 Å². The molecule has 8 nitrogen and oxygen atoms in total. The summed E-state index contributed by atoms with van der Waals surface area (Å²) in [5.41, 5.74) is 0.136. The van der Waals surface area contributed by atoms with Gasteiger partial charge in [-0.1, -0.05) is 36.4 Å². The zero-order valence-electron chi connectivity index (χ0n) is 18.3. The van der Waals surface area contributed by atoms with Crippen molar-refractivity contribution in [3.05, 3.63) is 71.8 Å². The molecule has 0 N–H and O–H groups in total. The number of hydrogen-bond acceptors (Lipinski definition) is 7. The van der Waals surface area contributed by atoms with Crippen LogP contribution in [0.2, 0.25) is 0 Å². The summed E-state index contributed by atoms with van der Waals surface area (Å²) in [7, 11) is -4.32. The zero-order chi connectivity index (χ0) is 23.5. The molecule has 1 heterocycles. The molecule has 1 aliphatic rings. The summed E-state index contributed by atoms with van der Waals surface area (Å²) in [6, 6.07) is 12.6. The molecule has 0 aliphatic carbocycles. The lowest BCUT2D eigenvalue weighted by molar-refractivity contribution is -0.153. The summed E-state index contributed by atoms with van der Waals surface area (Å²) in [6.45, 7) is 6.68. The zero-order valence-corrected chi connectivity index (χ0v) is 19.1. The highest BCUT2D eigenvalue weighted by Crippen LogP contribution is 2.33. The number of esters is 1. The van der Waals surface area contributed by atoms with Crippen molar-refractivity contribution in [3.8, 4) is 0 Å². The Morgan fingerprint density at radius 3 is 2.34 bits per heavy atom. The number of anilines is 1. The predicted molar refractivity (Wildman–Crippen MR) is 117 cm³/mol. The van der Waals surface area contributed by atoms with Crippen LogP contribution in [-0.2, 0) is 29.0 Å².